The zero-order valence-corrected chi connectivity index (χ0v) is 24.1. The van der Waals surface area contributed by atoms with Crippen molar-refractivity contribution < 1.29 is 14.7 Å². The van der Waals surface area contributed by atoms with Gasteiger partial charge in [-0.3, -0.25) is 4.79 Å². The average Bonchev–Trinajstić information content (AvgIpc) is 3.48. The summed E-state index contributed by atoms with van der Waals surface area (Å²) in [4.78, 5) is 33.0. The normalized spacial score (nSPS) is 21.9. The molecule has 0 bridgehead atoms. The largest absolute Gasteiger partial charge is 0.477 e. The van der Waals surface area contributed by atoms with Gasteiger partial charge in [-0.15, -0.1) is 22.7 Å². The molecule has 1 amide bonds. The third-order valence-electron chi connectivity index (χ3n) is 7.30. The molecule has 2 aromatic heterocycles. The molecule has 2 heterocycles. The number of carboxylic acids is 1. The molecule has 0 radical (unpaired) electrons. The van der Waals surface area contributed by atoms with Gasteiger partial charge >= 0.3 is 5.97 Å². The van der Waals surface area contributed by atoms with Crippen LogP contribution in [0.1, 0.15) is 100 Å². The lowest BCUT2D eigenvalue weighted by Gasteiger charge is -2.52. The van der Waals surface area contributed by atoms with E-state index in [4.69, 9.17) is 0 Å². The SMILES string of the molecule is CC(=O)N(c1cc(C#CC(C)(C)C)sc1C(=O)O)C1(C2CCC(Sc3nccs3)CC2)CCCCC1. The fourth-order valence-corrected chi connectivity index (χ4v) is 8.75. The number of aromatic nitrogens is 1. The summed E-state index contributed by atoms with van der Waals surface area (Å²) < 4.78 is 1.13. The summed E-state index contributed by atoms with van der Waals surface area (Å²) in [6.07, 6.45) is 11.3. The van der Waals surface area contributed by atoms with Crippen molar-refractivity contribution in [2.24, 2.45) is 11.3 Å². The Morgan fingerprint density at radius 1 is 1.17 bits per heavy atom. The van der Waals surface area contributed by atoms with E-state index in [1.807, 2.05) is 55.1 Å². The second-order valence-electron chi connectivity index (χ2n) is 11.0. The van der Waals surface area contributed by atoms with Gasteiger partial charge in [0.05, 0.1) is 16.1 Å². The highest BCUT2D eigenvalue weighted by Gasteiger charge is 2.48. The molecule has 0 saturated heterocycles. The van der Waals surface area contributed by atoms with Crippen molar-refractivity contribution in [2.45, 2.75) is 101 Å². The first-order chi connectivity index (χ1) is 17.1. The minimum absolute atomic E-state index is 0.0631. The number of rotatable bonds is 6. The van der Waals surface area contributed by atoms with Crippen LogP contribution in [0.4, 0.5) is 5.69 Å². The van der Waals surface area contributed by atoms with Crippen LogP contribution in [0.3, 0.4) is 0 Å². The number of thiazole rings is 1. The Kier molecular flexibility index (Phi) is 8.53. The topological polar surface area (TPSA) is 70.5 Å². The Hall–Kier alpha value is -1.82. The molecular weight excluding hydrogens is 509 g/mol. The Balaban J connectivity index is 1.67. The van der Waals surface area contributed by atoms with Crippen molar-refractivity contribution in [1.82, 2.24) is 4.98 Å². The van der Waals surface area contributed by atoms with E-state index in [0.29, 0.717) is 21.7 Å². The van der Waals surface area contributed by atoms with E-state index < -0.39 is 5.97 Å². The standard InChI is InChI=1S/C28H36N2O3S3/c1-19(31)30(23-18-22(12-15-27(2,3)4)35-24(23)25(32)33)28(13-6-5-7-14-28)20-8-10-21(11-9-20)36-26-29-16-17-34-26/h16-18,20-21H,5-11,13-14H2,1-4H3,(H,32,33). The minimum Gasteiger partial charge on any atom is -0.477 e. The van der Waals surface area contributed by atoms with Gasteiger partial charge in [0.1, 0.15) is 9.22 Å². The first-order valence-electron chi connectivity index (χ1n) is 12.9. The molecule has 4 rings (SSSR count). The zero-order valence-electron chi connectivity index (χ0n) is 21.6. The first-order valence-corrected chi connectivity index (χ1v) is 15.4. The number of hydrogen-bond donors (Lipinski definition) is 1. The van der Waals surface area contributed by atoms with Crippen molar-refractivity contribution >= 4 is 52.0 Å². The molecule has 5 nitrogen and oxygen atoms in total. The maximum atomic E-state index is 13.4. The summed E-state index contributed by atoms with van der Waals surface area (Å²) in [5, 5.41) is 12.7. The molecule has 2 saturated carbocycles. The highest BCUT2D eigenvalue weighted by Crippen LogP contribution is 2.50. The van der Waals surface area contributed by atoms with Gasteiger partial charge in [0, 0.05) is 29.2 Å². The molecule has 0 aliphatic heterocycles. The van der Waals surface area contributed by atoms with Gasteiger partial charge in [-0.05, 0) is 71.3 Å². The highest BCUT2D eigenvalue weighted by atomic mass is 32.2. The van der Waals surface area contributed by atoms with Crippen molar-refractivity contribution in [1.29, 1.82) is 0 Å². The number of thiophene rings is 1. The lowest BCUT2D eigenvalue weighted by molar-refractivity contribution is -0.118. The van der Waals surface area contributed by atoms with Crippen LogP contribution >= 0.6 is 34.4 Å². The average molecular weight is 545 g/mol. The summed E-state index contributed by atoms with van der Waals surface area (Å²) in [7, 11) is 0. The predicted molar refractivity (Wildman–Crippen MR) is 150 cm³/mol. The molecular formula is C28H36N2O3S3. The lowest BCUT2D eigenvalue weighted by Crippen LogP contribution is -2.58. The van der Waals surface area contributed by atoms with Gasteiger partial charge in [-0.1, -0.05) is 42.9 Å². The molecule has 0 aromatic carbocycles. The number of nitrogens with zero attached hydrogens (tertiary/aromatic N) is 2. The number of aromatic carboxylic acids is 1. The summed E-state index contributed by atoms with van der Waals surface area (Å²) in [6, 6.07) is 1.86. The number of thioether (sulfide) groups is 1. The molecule has 2 fully saturated rings. The summed E-state index contributed by atoms with van der Waals surface area (Å²) >= 11 is 4.77. The van der Waals surface area contributed by atoms with Crippen molar-refractivity contribution in [3.8, 4) is 11.8 Å². The number of anilines is 1. The summed E-state index contributed by atoms with van der Waals surface area (Å²) in [5.41, 5.74) is 0.0218. The van der Waals surface area contributed by atoms with E-state index in [9.17, 15) is 14.7 Å². The smallest absolute Gasteiger partial charge is 0.348 e. The maximum absolute atomic E-state index is 13.4. The molecule has 0 unspecified atom stereocenters. The Bertz CT molecular complexity index is 1120. The van der Waals surface area contributed by atoms with E-state index in [-0.39, 0.29) is 21.7 Å². The quantitative estimate of drug-likeness (QED) is 0.377. The van der Waals surface area contributed by atoms with Crippen LogP contribution in [-0.2, 0) is 4.79 Å². The monoisotopic (exact) mass is 544 g/mol. The van der Waals surface area contributed by atoms with E-state index in [1.165, 1.54) is 17.8 Å². The number of carbonyl (C=O) groups is 2. The van der Waals surface area contributed by atoms with Gasteiger partial charge in [0.15, 0.2) is 0 Å². The molecule has 8 heteroatoms. The summed E-state index contributed by atoms with van der Waals surface area (Å²) in [6.45, 7) is 7.71. The minimum atomic E-state index is -0.987. The second-order valence-corrected chi connectivity index (χ2v) is 14.5. The van der Waals surface area contributed by atoms with Crippen molar-refractivity contribution in [3.05, 3.63) is 27.4 Å². The molecule has 1 N–H and O–H groups in total. The van der Waals surface area contributed by atoms with Gasteiger partial charge in [0.25, 0.3) is 0 Å². The maximum Gasteiger partial charge on any atom is 0.348 e. The van der Waals surface area contributed by atoms with Gasteiger partial charge in [-0.2, -0.15) is 0 Å². The van der Waals surface area contributed by atoms with E-state index in [1.54, 1.807) is 18.3 Å². The molecule has 36 heavy (non-hydrogen) atoms. The van der Waals surface area contributed by atoms with Crippen molar-refractivity contribution in [2.75, 3.05) is 4.90 Å². The van der Waals surface area contributed by atoms with Gasteiger partial charge in [-0.25, -0.2) is 9.78 Å². The highest BCUT2D eigenvalue weighted by molar-refractivity contribution is 8.01. The van der Waals surface area contributed by atoms with Crippen LogP contribution in [0.15, 0.2) is 22.0 Å². The fraction of sp³-hybridized carbons (Fsp3) is 0.607. The Morgan fingerprint density at radius 2 is 1.86 bits per heavy atom. The van der Waals surface area contributed by atoms with E-state index in [0.717, 1.165) is 55.7 Å². The third kappa shape index (κ3) is 6.17. The molecule has 2 aromatic rings. The molecule has 2 aliphatic carbocycles. The Morgan fingerprint density at radius 3 is 2.42 bits per heavy atom. The first kappa shape index (κ1) is 27.2. The van der Waals surface area contributed by atoms with E-state index >= 15 is 0 Å². The summed E-state index contributed by atoms with van der Waals surface area (Å²) in [5.74, 6) is 5.71. The number of amides is 1. The predicted octanol–water partition coefficient (Wildman–Crippen LogP) is 7.71. The zero-order chi connectivity index (χ0) is 25.9. The van der Waals surface area contributed by atoms with Crippen LogP contribution in [0, 0.1) is 23.2 Å². The number of carboxylic acid groups (broad SMARTS) is 1. The van der Waals surface area contributed by atoms with Crippen LogP contribution in [0.2, 0.25) is 0 Å². The molecule has 0 spiro atoms. The molecule has 2 aliphatic rings. The van der Waals surface area contributed by atoms with Crippen molar-refractivity contribution in [3.63, 3.8) is 0 Å². The van der Waals surface area contributed by atoms with Crippen LogP contribution in [-0.4, -0.2) is 32.8 Å². The van der Waals surface area contributed by atoms with Crippen LogP contribution in [0.25, 0.3) is 0 Å². The van der Waals surface area contributed by atoms with Crippen LogP contribution in [0.5, 0.6) is 0 Å². The lowest BCUT2D eigenvalue weighted by atomic mass is 9.66. The number of hydrogen-bond acceptors (Lipinski definition) is 6. The second kappa shape index (κ2) is 11.3. The fourth-order valence-electron chi connectivity index (χ4n) is 5.84. The van der Waals surface area contributed by atoms with Gasteiger partial charge in [0.2, 0.25) is 5.91 Å². The van der Waals surface area contributed by atoms with E-state index in [2.05, 4.69) is 16.8 Å². The Labute approximate surface area is 227 Å². The third-order valence-corrected chi connectivity index (χ3v) is 10.6. The van der Waals surface area contributed by atoms with Crippen LogP contribution < -0.4 is 4.90 Å². The molecule has 0 atom stereocenters. The molecule has 194 valence electrons. The number of carbonyl (C=O) groups excluding carboxylic acids is 1. The van der Waals surface area contributed by atoms with Gasteiger partial charge < -0.3 is 10.0 Å².